The van der Waals surface area contributed by atoms with Crippen molar-refractivity contribution in [1.82, 2.24) is 29.3 Å². The van der Waals surface area contributed by atoms with E-state index >= 15 is 0 Å². The number of para-hydroxylation sites is 2. The number of nitrogens with zero attached hydrogens (tertiary/aromatic N) is 6. The van der Waals surface area contributed by atoms with Gasteiger partial charge >= 0.3 is 5.69 Å². The molecule has 0 saturated carbocycles. The summed E-state index contributed by atoms with van der Waals surface area (Å²) in [5, 5.41) is 12.0. The second-order valence-corrected chi connectivity index (χ2v) is 8.41. The highest BCUT2D eigenvalue weighted by atomic mass is 32.2. The third kappa shape index (κ3) is 4.87. The molecule has 2 aromatic carbocycles. The largest absolute Gasteiger partial charge is 0.492 e. The Kier molecular flexibility index (Phi) is 7.11. The van der Waals surface area contributed by atoms with Crippen molar-refractivity contribution in [2.75, 3.05) is 18.1 Å². The summed E-state index contributed by atoms with van der Waals surface area (Å²) in [6, 6.07) is 16.4. The summed E-state index contributed by atoms with van der Waals surface area (Å²) in [5.74, 6) is -0.293. The maximum absolute atomic E-state index is 13.1. The number of benzene rings is 2. The maximum Gasteiger partial charge on any atom is 0.332 e. The summed E-state index contributed by atoms with van der Waals surface area (Å²) < 4.78 is 9.21. The van der Waals surface area contributed by atoms with E-state index in [0.717, 1.165) is 21.9 Å². The second-order valence-electron chi connectivity index (χ2n) is 7.46. The fraction of sp³-hybridized carbons (Fsp3) is 0.217. The number of anilines is 1. The van der Waals surface area contributed by atoms with Crippen molar-refractivity contribution in [3.8, 4) is 11.4 Å². The van der Waals surface area contributed by atoms with Gasteiger partial charge in [-0.15, -0.1) is 5.10 Å². The number of rotatable bonds is 9. The summed E-state index contributed by atoms with van der Waals surface area (Å²) >= 11 is 1.05. The Balaban J connectivity index is 1.63. The molecular weight excluding hydrogens is 470 g/mol. The molecule has 0 spiro atoms. The lowest BCUT2D eigenvalue weighted by molar-refractivity contribution is 0.102. The summed E-state index contributed by atoms with van der Waals surface area (Å²) in [5.41, 5.74) is 6.01. The van der Waals surface area contributed by atoms with Crippen LogP contribution >= 0.6 is 11.8 Å². The zero-order valence-electron chi connectivity index (χ0n) is 19.1. The van der Waals surface area contributed by atoms with Crippen LogP contribution in [0.2, 0.25) is 0 Å². The molecule has 35 heavy (non-hydrogen) atoms. The van der Waals surface area contributed by atoms with E-state index in [9.17, 15) is 14.4 Å². The quantitative estimate of drug-likeness (QED) is 0.271. The third-order valence-electron chi connectivity index (χ3n) is 5.21. The van der Waals surface area contributed by atoms with E-state index in [-0.39, 0.29) is 23.7 Å². The molecule has 180 valence electrons. The summed E-state index contributed by atoms with van der Waals surface area (Å²) in [6.07, 6.45) is 0. The lowest BCUT2D eigenvalue weighted by Gasteiger charge is -2.14. The Labute approximate surface area is 204 Å². The standard InChI is InChI=1S/C23H23N7O4S/c1-3-34-18-12-8-7-11-16(18)30-22(25-26-27-30)35-14-17(31)19-20(24)29(23(33)28(2)21(19)32)13-15-9-5-4-6-10-15/h4-12H,3,13-14,24H2,1-2H3. The van der Waals surface area contributed by atoms with Crippen LogP contribution < -0.4 is 21.7 Å². The van der Waals surface area contributed by atoms with Crippen molar-refractivity contribution in [2.45, 2.75) is 18.6 Å². The monoisotopic (exact) mass is 493 g/mol. The molecule has 0 radical (unpaired) electrons. The average Bonchev–Trinajstić information content (AvgIpc) is 3.34. The molecule has 0 aliphatic rings. The van der Waals surface area contributed by atoms with Gasteiger partial charge in [-0.1, -0.05) is 54.2 Å². The minimum absolute atomic E-state index is 0.125. The van der Waals surface area contributed by atoms with Crippen molar-refractivity contribution in [2.24, 2.45) is 7.05 Å². The number of Topliss-reactive ketones (excluding diaryl/α,β-unsaturated/α-hetero) is 1. The molecule has 0 fully saturated rings. The first-order chi connectivity index (χ1) is 16.9. The van der Waals surface area contributed by atoms with E-state index in [1.807, 2.05) is 49.4 Å². The van der Waals surface area contributed by atoms with Gasteiger partial charge in [-0.05, 0) is 35.0 Å². The van der Waals surface area contributed by atoms with E-state index in [2.05, 4.69) is 15.5 Å². The molecule has 0 atom stereocenters. The van der Waals surface area contributed by atoms with Gasteiger partial charge in [0.25, 0.3) is 5.56 Å². The zero-order chi connectivity index (χ0) is 24.9. The summed E-state index contributed by atoms with van der Waals surface area (Å²) in [4.78, 5) is 38.6. The van der Waals surface area contributed by atoms with E-state index in [1.54, 1.807) is 12.1 Å². The van der Waals surface area contributed by atoms with Crippen LogP contribution in [0.25, 0.3) is 5.69 Å². The van der Waals surface area contributed by atoms with E-state index in [4.69, 9.17) is 10.5 Å². The Morgan fingerprint density at radius 1 is 1.09 bits per heavy atom. The lowest BCUT2D eigenvalue weighted by Crippen LogP contribution is -2.43. The van der Waals surface area contributed by atoms with Gasteiger partial charge in [0.1, 0.15) is 22.8 Å². The van der Waals surface area contributed by atoms with Crippen LogP contribution in [0, 0.1) is 0 Å². The normalized spacial score (nSPS) is 10.9. The Bertz CT molecular complexity index is 1480. The molecule has 4 rings (SSSR count). The number of aromatic nitrogens is 6. The topological polar surface area (TPSA) is 140 Å². The molecular formula is C23H23N7O4S. The first-order valence-electron chi connectivity index (χ1n) is 10.7. The van der Waals surface area contributed by atoms with Crippen LogP contribution in [0.15, 0.2) is 69.3 Å². The van der Waals surface area contributed by atoms with Crippen molar-refractivity contribution in [3.63, 3.8) is 0 Å². The highest BCUT2D eigenvalue weighted by molar-refractivity contribution is 7.99. The summed E-state index contributed by atoms with van der Waals surface area (Å²) in [6.45, 7) is 2.45. The zero-order valence-corrected chi connectivity index (χ0v) is 19.9. The number of carbonyl (C=O) groups is 1. The van der Waals surface area contributed by atoms with Gasteiger partial charge < -0.3 is 10.5 Å². The lowest BCUT2D eigenvalue weighted by atomic mass is 10.2. The van der Waals surface area contributed by atoms with Crippen LogP contribution in [-0.4, -0.2) is 47.5 Å². The summed E-state index contributed by atoms with van der Waals surface area (Å²) in [7, 11) is 1.32. The van der Waals surface area contributed by atoms with Gasteiger partial charge in [0.2, 0.25) is 5.16 Å². The molecule has 0 bridgehead atoms. The molecule has 0 amide bonds. The molecule has 2 heterocycles. The predicted octanol–water partition coefficient (Wildman–Crippen LogP) is 1.53. The maximum atomic E-state index is 13.1. The number of hydrogen-bond donors (Lipinski definition) is 1. The van der Waals surface area contributed by atoms with E-state index in [1.165, 1.54) is 16.3 Å². The Hall–Kier alpha value is -4.19. The van der Waals surface area contributed by atoms with E-state index < -0.39 is 17.0 Å². The molecule has 0 aliphatic carbocycles. The Morgan fingerprint density at radius 2 is 1.80 bits per heavy atom. The number of carbonyl (C=O) groups excluding carboxylic acids is 1. The highest BCUT2D eigenvalue weighted by Crippen LogP contribution is 2.26. The molecule has 2 N–H and O–H groups in total. The molecule has 11 nitrogen and oxygen atoms in total. The van der Waals surface area contributed by atoms with Gasteiger partial charge in [-0.3, -0.25) is 18.7 Å². The number of hydrogen-bond acceptors (Lipinski definition) is 9. The first kappa shape index (κ1) is 24.0. The van der Waals surface area contributed by atoms with Crippen LogP contribution in [-0.2, 0) is 13.6 Å². The smallest absolute Gasteiger partial charge is 0.332 e. The number of thioether (sulfide) groups is 1. The SMILES string of the molecule is CCOc1ccccc1-n1nnnc1SCC(=O)c1c(N)n(Cc2ccccc2)c(=O)n(C)c1=O. The number of tetrazole rings is 1. The van der Waals surface area contributed by atoms with Gasteiger partial charge in [0.05, 0.1) is 18.9 Å². The molecule has 0 aliphatic heterocycles. The minimum Gasteiger partial charge on any atom is -0.492 e. The van der Waals surface area contributed by atoms with Crippen LogP contribution in [0.5, 0.6) is 5.75 Å². The predicted molar refractivity (Wildman–Crippen MR) is 131 cm³/mol. The minimum atomic E-state index is -0.747. The van der Waals surface area contributed by atoms with Gasteiger partial charge in [0, 0.05) is 7.05 Å². The second kappa shape index (κ2) is 10.4. The van der Waals surface area contributed by atoms with Crippen molar-refractivity contribution < 1.29 is 9.53 Å². The van der Waals surface area contributed by atoms with Crippen LogP contribution in [0.4, 0.5) is 5.82 Å². The van der Waals surface area contributed by atoms with Crippen molar-refractivity contribution in [1.29, 1.82) is 0 Å². The van der Waals surface area contributed by atoms with Gasteiger partial charge in [0.15, 0.2) is 5.78 Å². The fourth-order valence-corrected chi connectivity index (χ4v) is 4.25. The average molecular weight is 494 g/mol. The van der Waals surface area contributed by atoms with Crippen molar-refractivity contribution in [3.05, 3.63) is 86.6 Å². The van der Waals surface area contributed by atoms with E-state index in [0.29, 0.717) is 23.2 Å². The number of nitrogen functional groups attached to an aromatic ring is 1. The molecule has 2 aromatic heterocycles. The van der Waals surface area contributed by atoms with Gasteiger partial charge in [-0.2, -0.15) is 4.68 Å². The number of ketones is 1. The third-order valence-corrected chi connectivity index (χ3v) is 6.13. The van der Waals surface area contributed by atoms with Crippen LogP contribution in [0.3, 0.4) is 0 Å². The fourth-order valence-electron chi connectivity index (χ4n) is 3.50. The molecule has 4 aromatic rings. The first-order valence-corrected chi connectivity index (χ1v) is 11.7. The van der Waals surface area contributed by atoms with Crippen LogP contribution in [0.1, 0.15) is 22.8 Å². The molecule has 0 saturated heterocycles. The molecule has 0 unspecified atom stereocenters. The van der Waals surface area contributed by atoms with Gasteiger partial charge in [-0.25, -0.2) is 4.79 Å². The number of ether oxygens (including phenoxy) is 1. The highest BCUT2D eigenvalue weighted by Gasteiger charge is 2.23. The number of nitrogens with two attached hydrogens (primary N) is 1. The molecule has 12 heteroatoms. The van der Waals surface area contributed by atoms with Crippen molar-refractivity contribution >= 4 is 23.4 Å². The Morgan fingerprint density at radius 3 is 2.54 bits per heavy atom.